The molecule has 1 atom stereocenters. The van der Waals surface area contributed by atoms with Gasteiger partial charge in [-0.15, -0.1) is 0 Å². The monoisotopic (exact) mass is 447 g/mol. The highest BCUT2D eigenvalue weighted by molar-refractivity contribution is 6.07. The van der Waals surface area contributed by atoms with E-state index in [0.717, 1.165) is 48.4 Å². The number of allylic oxidation sites excluding steroid dienone is 1. The van der Waals surface area contributed by atoms with Crippen molar-refractivity contribution in [1.29, 1.82) is 0 Å². The van der Waals surface area contributed by atoms with Gasteiger partial charge in [-0.25, -0.2) is 0 Å². The zero-order chi connectivity index (χ0) is 23.2. The molecule has 0 amide bonds. The summed E-state index contributed by atoms with van der Waals surface area (Å²) in [6.07, 6.45) is 5.05. The lowest BCUT2D eigenvalue weighted by Gasteiger charge is -2.33. The van der Waals surface area contributed by atoms with Crippen LogP contribution in [-0.2, 0) is 6.54 Å². The highest BCUT2D eigenvalue weighted by Crippen LogP contribution is 2.23. The van der Waals surface area contributed by atoms with E-state index in [0.29, 0.717) is 25.3 Å². The number of fused-ring (bicyclic) bond motifs is 1. The summed E-state index contributed by atoms with van der Waals surface area (Å²) in [7, 11) is 2.13. The quantitative estimate of drug-likeness (QED) is 0.402. The molecule has 6 nitrogen and oxygen atoms in total. The van der Waals surface area contributed by atoms with E-state index in [1.807, 2.05) is 43.5 Å². The van der Waals surface area contributed by atoms with E-state index in [-0.39, 0.29) is 5.78 Å². The van der Waals surface area contributed by atoms with Gasteiger partial charge < -0.3 is 19.3 Å². The summed E-state index contributed by atoms with van der Waals surface area (Å²) in [5, 5.41) is 11.8. The van der Waals surface area contributed by atoms with E-state index in [1.54, 1.807) is 18.2 Å². The molecule has 6 heteroatoms. The normalized spacial score (nSPS) is 16.5. The Hall–Kier alpha value is -2.93. The van der Waals surface area contributed by atoms with Gasteiger partial charge in [-0.2, -0.15) is 0 Å². The van der Waals surface area contributed by atoms with Gasteiger partial charge in [-0.05, 0) is 56.5 Å². The zero-order valence-electron chi connectivity index (χ0n) is 19.5. The second-order valence-corrected chi connectivity index (χ2v) is 8.67. The van der Waals surface area contributed by atoms with Gasteiger partial charge in [0, 0.05) is 67.5 Å². The molecule has 0 radical (unpaired) electrons. The molecule has 1 fully saturated rings. The molecule has 0 aliphatic carbocycles. The van der Waals surface area contributed by atoms with Crippen molar-refractivity contribution in [1.82, 2.24) is 14.4 Å². The van der Waals surface area contributed by atoms with Gasteiger partial charge in [-0.3, -0.25) is 9.69 Å². The maximum Gasteiger partial charge on any atom is 0.185 e. The summed E-state index contributed by atoms with van der Waals surface area (Å²) in [6, 6.07) is 15.3. The molecule has 2 aromatic carbocycles. The van der Waals surface area contributed by atoms with Gasteiger partial charge in [0.2, 0.25) is 0 Å². The largest absolute Gasteiger partial charge is 0.494 e. The lowest BCUT2D eigenvalue weighted by atomic mass is 10.1. The number of aliphatic hydroxyl groups excluding tert-OH is 1. The lowest BCUT2D eigenvalue weighted by molar-refractivity contribution is 0.0717. The van der Waals surface area contributed by atoms with Crippen molar-refractivity contribution in [2.45, 2.75) is 19.6 Å². The van der Waals surface area contributed by atoms with Crippen molar-refractivity contribution in [3.05, 3.63) is 71.9 Å². The Bertz CT molecular complexity index is 1100. The summed E-state index contributed by atoms with van der Waals surface area (Å²) in [5.74, 6) is 0.709. The van der Waals surface area contributed by atoms with E-state index in [2.05, 4.69) is 33.5 Å². The Labute approximate surface area is 195 Å². The highest BCUT2D eigenvalue weighted by Gasteiger charge is 2.18. The molecule has 1 aromatic heterocycles. The van der Waals surface area contributed by atoms with Crippen molar-refractivity contribution in [3.63, 3.8) is 0 Å². The van der Waals surface area contributed by atoms with Crippen molar-refractivity contribution in [2.24, 2.45) is 0 Å². The minimum absolute atomic E-state index is 0.0509. The number of carbonyl (C=O) groups excluding carboxylic acids is 1. The fraction of sp³-hybridized carbons (Fsp3) is 0.370. The number of aromatic nitrogens is 1. The molecule has 1 aliphatic heterocycles. The van der Waals surface area contributed by atoms with Crippen LogP contribution in [0.1, 0.15) is 22.8 Å². The first-order valence-electron chi connectivity index (χ1n) is 11.7. The Morgan fingerprint density at radius 1 is 1.06 bits per heavy atom. The average Bonchev–Trinajstić information content (AvgIpc) is 3.17. The maximum atomic E-state index is 12.7. The first-order chi connectivity index (χ1) is 16.0. The third kappa shape index (κ3) is 5.90. The highest BCUT2D eigenvalue weighted by atomic mass is 16.5. The summed E-state index contributed by atoms with van der Waals surface area (Å²) in [5.41, 5.74) is 2.65. The zero-order valence-corrected chi connectivity index (χ0v) is 19.5. The molecule has 174 valence electrons. The fourth-order valence-corrected chi connectivity index (χ4v) is 4.32. The molecular formula is C27H33N3O3. The maximum absolute atomic E-state index is 12.7. The molecule has 1 unspecified atom stereocenters. The number of carbonyl (C=O) groups is 1. The van der Waals surface area contributed by atoms with Crippen LogP contribution >= 0.6 is 0 Å². The number of ether oxygens (including phenoxy) is 1. The van der Waals surface area contributed by atoms with Crippen LogP contribution in [0.5, 0.6) is 5.75 Å². The molecule has 0 saturated carbocycles. The summed E-state index contributed by atoms with van der Waals surface area (Å²) in [6.45, 7) is 7.77. The average molecular weight is 448 g/mol. The third-order valence-electron chi connectivity index (χ3n) is 6.16. The number of hydrogen-bond acceptors (Lipinski definition) is 5. The molecule has 0 spiro atoms. The number of nitrogens with zero attached hydrogens (tertiary/aromatic N) is 3. The number of rotatable bonds is 9. The Morgan fingerprint density at radius 2 is 1.79 bits per heavy atom. The van der Waals surface area contributed by atoms with Gasteiger partial charge in [0.05, 0.1) is 12.7 Å². The number of ketones is 1. The summed E-state index contributed by atoms with van der Waals surface area (Å²) in [4.78, 5) is 17.3. The topological polar surface area (TPSA) is 57.9 Å². The Morgan fingerprint density at radius 3 is 2.52 bits per heavy atom. The Balaban J connectivity index is 1.46. The number of benzene rings is 2. The van der Waals surface area contributed by atoms with Gasteiger partial charge in [0.1, 0.15) is 5.75 Å². The van der Waals surface area contributed by atoms with Crippen LogP contribution < -0.4 is 4.74 Å². The first-order valence-corrected chi connectivity index (χ1v) is 11.7. The number of aliphatic hydroxyl groups is 1. The smallest absolute Gasteiger partial charge is 0.185 e. The second kappa shape index (κ2) is 10.8. The number of β-amino-alcohol motifs (C(OH)–C–C–N with tert-alkyl or cyclic N) is 1. The number of piperazine rings is 1. The predicted molar refractivity (Wildman–Crippen MR) is 133 cm³/mol. The van der Waals surface area contributed by atoms with Crippen molar-refractivity contribution >= 4 is 22.8 Å². The minimum Gasteiger partial charge on any atom is -0.494 e. The van der Waals surface area contributed by atoms with Crippen molar-refractivity contribution in [3.8, 4) is 5.75 Å². The number of likely N-dealkylation sites (N-methyl/N-ethyl adjacent to an activating group) is 1. The van der Waals surface area contributed by atoms with E-state index in [4.69, 9.17) is 4.74 Å². The van der Waals surface area contributed by atoms with Crippen LogP contribution in [0.15, 0.2) is 60.8 Å². The molecule has 3 aromatic rings. The molecule has 2 heterocycles. The van der Waals surface area contributed by atoms with E-state index < -0.39 is 6.10 Å². The number of hydrogen-bond donors (Lipinski definition) is 1. The van der Waals surface area contributed by atoms with Crippen LogP contribution in [-0.4, -0.2) is 77.7 Å². The molecule has 1 N–H and O–H groups in total. The van der Waals surface area contributed by atoms with Gasteiger partial charge in [0.15, 0.2) is 5.78 Å². The van der Waals surface area contributed by atoms with Crippen molar-refractivity contribution in [2.75, 3.05) is 46.4 Å². The van der Waals surface area contributed by atoms with E-state index in [9.17, 15) is 9.90 Å². The molecule has 4 rings (SSSR count). The van der Waals surface area contributed by atoms with Gasteiger partial charge >= 0.3 is 0 Å². The van der Waals surface area contributed by atoms with Crippen LogP contribution in [0.2, 0.25) is 0 Å². The molecule has 0 bridgehead atoms. The summed E-state index contributed by atoms with van der Waals surface area (Å²) < 4.78 is 7.54. The van der Waals surface area contributed by atoms with E-state index >= 15 is 0 Å². The SMILES string of the molecule is CCOc1ccc(C(=O)/C=C/c2cn(CC(O)CN3CCN(C)CC3)c3ccccc23)cc1. The standard InChI is InChI=1S/C27H33N3O3/c1-3-33-24-11-8-21(9-12-24)27(32)13-10-22-18-30(26-7-5-4-6-25(22)26)20-23(31)19-29-16-14-28(2)15-17-29/h4-13,18,23,31H,3,14-17,19-20H2,1-2H3/b13-10+. The predicted octanol–water partition coefficient (Wildman–Crippen LogP) is 3.54. The van der Waals surface area contributed by atoms with Crippen LogP contribution in [0.3, 0.4) is 0 Å². The lowest BCUT2D eigenvalue weighted by Crippen LogP contribution is -2.47. The molecule has 1 saturated heterocycles. The minimum atomic E-state index is -0.452. The number of para-hydroxylation sites is 1. The van der Waals surface area contributed by atoms with Gasteiger partial charge in [0.25, 0.3) is 0 Å². The van der Waals surface area contributed by atoms with Crippen LogP contribution in [0.4, 0.5) is 0 Å². The third-order valence-corrected chi connectivity index (χ3v) is 6.16. The molecular weight excluding hydrogens is 414 g/mol. The molecule has 33 heavy (non-hydrogen) atoms. The van der Waals surface area contributed by atoms with Crippen molar-refractivity contribution < 1.29 is 14.6 Å². The van der Waals surface area contributed by atoms with Gasteiger partial charge in [-0.1, -0.05) is 18.2 Å². The van der Waals surface area contributed by atoms with E-state index in [1.165, 1.54) is 0 Å². The first kappa shape index (κ1) is 23.2. The second-order valence-electron chi connectivity index (χ2n) is 8.67. The summed E-state index contributed by atoms with van der Waals surface area (Å²) >= 11 is 0. The molecule has 1 aliphatic rings. The van der Waals surface area contributed by atoms with Crippen LogP contribution in [0.25, 0.3) is 17.0 Å². The van der Waals surface area contributed by atoms with Crippen LogP contribution in [0, 0.1) is 0 Å². The fourth-order valence-electron chi connectivity index (χ4n) is 4.32. The Kier molecular flexibility index (Phi) is 7.60.